The molecule has 0 amide bonds. The monoisotopic (exact) mass is 300 g/mol. The van der Waals surface area contributed by atoms with E-state index in [9.17, 15) is 0 Å². The van der Waals surface area contributed by atoms with Crippen molar-refractivity contribution in [3.8, 4) is 0 Å². The third-order valence-corrected chi connectivity index (χ3v) is 8.40. The number of hydrogen-bond acceptors (Lipinski definition) is 0. The molecule has 2 fully saturated rings. The lowest BCUT2D eigenvalue weighted by molar-refractivity contribution is 0.124. The van der Waals surface area contributed by atoms with E-state index in [0.29, 0.717) is 10.8 Å². The Morgan fingerprint density at radius 3 is 1.09 bits per heavy atom. The van der Waals surface area contributed by atoms with Gasteiger partial charge in [0.2, 0.25) is 0 Å². The SMILES string of the molecule is CC1=C(C)C2(C)CCC1(C)CC2.CC1=C(C)C2CCC1CC2. The highest BCUT2D eigenvalue weighted by molar-refractivity contribution is 5.30. The summed E-state index contributed by atoms with van der Waals surface area (Å²) in [5.74, 6) is 1.95. The van der Waals surface area contributed by atoms with E-state index in [1.807, 2.05) is 0 Å². The number of allylic oxidation sites excluding steroid dienone is 4. The molecule has 0 heteroatoms. The summed E-state index contributed by atoms with van der Waals surface area (Å²) in [5.41, 5.74) is 7.99. The number of rotatable bonds is 0. The average Bonchev–Trinajstić information content (AvgIpc) is 2.53. The molecule has 0 nitrogen and oxygen atoms in total. The Labute approximate surface area is 138 Å². The lowest BCUT2D eigenvalue weighted by atomic mass is 9.53. The van der Waals surface area contributed by atoms with Crippen molar-refractivity contribution in [2.45, 2.75) is 92.9 Å². The first-order valence-corrected chi connectivity index (χ1v) is 9.62. The fraction of sp³-hybridized carbons (Fsp3) is 0.818. The van der Waals surface area contributed by atoms with Crippen LogP contribution in [0, 0.1) is 22.7 Å². The third kappa shape index (κ3) is 2.51. The minimum absolute atomic E-state index is 0.571. The van der Waals surface area contributed by atoms with Crippen molar-refractivity contribution < 1.29 is 0 Å². The molecule has 0 atom stereocenters. The number of hydrogen-bond donors (Lipinski definition) is 0. The van der Waals surface area contributed by atoms with Gasteiger partial charge in [-0.1, -0.05) is 36.1 Å². The molecular formula is C22H36. The van der Waals surface area contributed by atoms with Crippen LogP contribution in [0.1, 0.15) is 92.9 Å². The second kappa shape index (κ2) is 5.53. The maximum atomic E-state index is 2.45. The molecule has 22 heavy (non-hydrogen) atoms. The van der Waals surface area contributed by atoms with E-state index in [1.165, 1.54) is 51.4 Å². The summed E-state index contributed by atoms with van der Waals surface area (Å²) in [6, 6.07) is 0. The minimum Gasteiger partial charge on any atom is -0.0710 e. The van der Waals surface area contributed by atoms with Gasteiger partial charge < -0.3 is 0 Å². The summed E-state index contributed by atoms with van der Waals surface area (Å²) in [4.78, 5) is 0. The van der Waals surface area contributed by atoms with Gasteiger partial charge in [-0.3, -0.25) is 0 Å². The second-order valence-electron chi connectivity index (χ2n) is 9.29. The molecule has 0 aromatic heterocycles. The first-order valence-electron chi connectivity index (χ1n) is 9.62. The molecule has 0 saturated heterocycles. The van der Waals surface area contributed by atoms with Crippen molar-refractivity contribution in [2.24, 2.45) is 22.7 Å². The zero-order chi connectivity index (χ0) is 16.1. The lowest BCUT2D eigenvalue weighted by Gasteiger charge is -2.52. The van der Waals surface area contributed by atoms with Gasteiger partial charge in [0.25, 0.3) is 0 Å². The van der Waals surface area contributed by atoms with Gasteiger partial charge in [-0.2, -0.15) is 0 Å². The molecule has 124 valence electrons. The molecular weight excluding hydrogens is 264 g/mol. The topological polar surface area (TPSA) is 0 Å². The van der Waals surface area contributed by atoms with E-state index in [4.69, 9.17) is 0 Å². The van der Waals surface area contributed by atoms with E-state index in [2.05, 4.69) is 41.5 Å². The molecule has 4 bridgehead atoms. The summed E-state index contributed by atoms with van der Waals surface area (Å²) in [6.45, 7) is 14.3. The molecule has 0 aromatic carbocycles. The number of fused-ring (bicyclic) bond motifs is 4. The van der Waals surface area contributed by atoms with Gasteiger partial charge in [0.05, 0.1) is 0 Å². The van der Waals surface area contributed by atoms with Crippen LogP contribution >= 0.6 is 0 Å². The maximum absolute atomic E-state index is 2.45. The smallest absolute Gasteiger partial charge is 0.0116 e. The van der Waals surface area contributed by atoms with Crippen LogP contribution < -0.4 is 0 Å². The summed E-state index contributed by atoms with van der Waals surface area (Å²) >= 11 is 0. The summed E-state index contributed by atoms with van der Waals surface area (Å²) in [6.07, 6.45) is 11.6. The molecule has 6 aliphatic rings. The van der Waals surface area contributed by atoms with E-state index in [1.54, 1.807) is 22.3 Å². The van der Waals surface area contributed by atoms with Crippen LogP contribution in [0.15, 0.2) is 22.3 Å². The molecule has 0 radical (unpaired) electrons. The van der Waals surface area contributed by atoms with Crippen LogP contribution in [-0.4, -0.2) is 0 Å². The Kier molecular flexibility index (Phi) is 4.11. The summed E-state index contributed by atoms with van der Waals surface area (Å²) < 4.78 is 0. The first-order chi connectivity index (χ1) is 10.3. The maximum Gasteiger partial charge on any atom is -0.0116 e. The standard InChI is InChI=1S/C12H20.C10H16/c1-9-10(2)12(4)7-5-11(9,3)6-8-12;1-7-8(2)10-5-3-9(7)4-6-10/h5-8H2,1-4H3;9-10H,3-6H2,1-2H3. The van der Waals surface area contributed by atoms with Crippen molar-refractivity contribution in [3.63, 3.8) is 0 Å². The lowest BCUT2D eigenvalue weighted by Crippen LogP contribution is -2.39. The zero-order valence-electron chi connectivity index (χ0n) is 15.8. The zero-order valence-corrected chi connectivity index (χ0v) is 15.8. The van der Waals surface area contributed by atoms with Crippen LogP contribution in [0.4, 0.5) is 0 Å². The van der Waals surface area contributed by atoms with Crippen LogP contribution in [-0.2, 0) is 0 Å². The molecule has 0 unspecified atom stereocenters. The van der Waals surface area contributed by atoms with Gasteiger partial charge in [-0.25, -0.2) is 0 Å². The minimum atomic E-state index is 0.571. The van der Waals surface area contributed by atoms with Gasteiger partial charge in [0.1, 0.15) is 0 Å². The average molecular weight is 301 g/mol. The van der Waals surface area contributed by atoms with Gasteiger partial charge in [-0.15, -0.1) is 0 Å². The Bertz CT molecular complexity index is 454. The van der Waals surface area contributed by atoms with E-state index in [-0.39, 0.29) is 0 Å². The molecule has 0 aliphatic heterocycles. The summed E-state index contributed by atoms with van der Waals surface area (Å²) in [7, 11) is 0. The van der Waals surface area contributed by atoms with Crippen molar-refractivity contribution in [1.29, 1.82) is 0 Å². The Morgan fingerprint density at radius 2 is 0.864 bits per heavy atom. The van der Waals surface area contributed by atoms with Crippen LogP contribution in [0.5, 0.6) is 0 Å². The van der Waals surface area contributed by atoms with Crippen LogP contribution in [0.2, 0.25) is 0 Å². The molecule has 0 N–H and O–H groups in total. The Hall–Kier alpha value is -0.520. The predicted octanol–water partition coefficient (Wildman–Crippen LogP) is 7.07. The summed E-state index contributed by atoms with van der Waals surface area (Å²) in [5, 5.41) is 0. The van der Waals surface area contributed by atoms with Crippen molar-refractivity contribution in [1.82, 2.24) is 0 Å². The predicted molar refractivity (Wildman–Crippen MR) is 96.9 cm³/mol. The largest absolute Gasteiger partial charge is 0.0710 e. The van der Waals surface area contributed by atoms with Crippen LogP contribution in [0.25, 0.3) is 0 Å². The fourth-order valence-electron chi connectivity index (χ4n) is 5.61. The van der Waals surface area contributed by atoms with Gasteiger partial charge in [-0.05, 0) is 102 Å². The van der Waals surface area contributed by atoms with Crippen molar-refractivity contribution >= 4 is 0 Å². The highest BCUT2D eigenvalue weighted by Crippen LogP contribution is 2.58. The fourth-order valence-corrected chi connectivity index (χ4v) is 5.61. The van der Waals surface area contributed by atoms with Gasteiger partial charge in [0, 0.05) is 0 Å². The molecule has 6 aliphatic carbocycles. The highest BCUT2D eigenvalue weighted by atomic mass is 14.5. The molecule has 0 heterocycles. The quantitative estimate of drug-likeness (QED) is 0.420. The molecule has 0 aromatic rings. The third-order valence-electron chi connectivity index (χ3n) is 8.40. The highest BCUT2D eigenvalue weighted by Gasteiger charge is 2.45. The van der Waals surface area contributed by atoms with Gasteiger partial charge >= 0.3 is 0 Å². The van der Waals surface area contributed by atoms with E-state index in [0.717, 1.165) is 11.8 Å². The molecule has 6 rings (SSSR count). The van der Waals surface area contributed by atoms with E-state index < -0.39 is 0 Å². The molecule has 0 spiro atoms. The van der Waals surface area contributed by atoms with Crippen molar-refractivity contribution in [2.75, 3.05) is 0 Å². The van der Waals surface area contributed by atoms with Crippen LogP contribution in [0.3, 0.4) is 0 Å². The second-order valence-corrected chi connectivity index (χ2v) is 9.29. The first kappa shape index (κ1) is 16.3. The molecule has 2 saturated carbocycles. The van der Waals surface area contributed by atoms with E-state index >= 15 is 0 Å². The van der Waals surface area contributed by atoms with Crippen molar-refractivity contribution in [3.05, 3.63) is 22.3 Å². The Balaban J connectivity index is 0.000000133. The van der Waals surface area contributed by atoms with Gasteiger partial charge in [0.15, 0.2) is 0 Å². The normalized spacial score (nSPS) is 43.4. The Morgan fingerprint density at radius 1 is 0.591 bits per heavy atom.